The Morgan fingerprint density at radius 3 is 1.78 bits per heavy atom. The highest BCUT2D eigenvalue weighted by Crippen LogP contribution is 2.45. The molecule has 0 saturated carbocycles. The van der Waals surface area contributed by atoms with Crippen LogP contribution in [-0.2, 0) is 0 Å². The van der Waals surface area contributed by atoms with E-state index in [0.717, 1.165) is 24.3 Å². The van der Waals surface area contributed by atoms with Crippen LogP contribution in [0, 0.1) is 0 Å². The quantitative estimate of drug-likeness (QED) is 0.537. The summed E-state index contributed by atoms with van der Waals surface area (Å²) in [6.07, 6.45) is 0. The molecule has 0 heterocycles. The van der Waals surface area contributed by atoms with Gasteiger partial charge >= 0.3 is 11.9 Å². The molecule has 0 bridgehead atoms. The highest BCUT2D eigenvalue weighted by atomic mass is 16.5. The van der Waals surface area contributed by atoms with Crippen molar-refractivity contribution in [3.8, 4) is 34.1 Å². The summed E-state index contributed by atoms with van der Waals surface area (Å²) in [5.74, 6) is -4.80. The van der Waals surface area contributed by atoms with Gasteiger partial charge < -0.3 is 30.3 Å². The zero-order chi connectivity index (χ0) is 17.3. The predicted molar refractivity (Wildman–Crippen MR) is 77.3 cm³/mol. The maximum Gasteiger partial charge on any atom is 0.335 e. The van der Waals surface area contributed by atoms with Gasteiger partial charge in [-0.1, -0.05) is 0 Å². The first-order valence-corrected chi connectivity index (χ1v) is 6.20. The lowest BCUT2D eigenvalue weighted by atomic mass is 9.97. The topological polar surface area (TPSA) is 145 Å². The molecule has 8 nitrogen and oxygen atoms in total. The van der Waals surface area contributed by atoms with Gasteiger partial charge in [0.1, 0.15) is 0 Å². The first kappa shape index (κ1) is 16.0. The molecule has 0 aliphatic heterocycles. The van der Waals surface area contributed by atoms with Crippen LogP contribution >= 0.6 is 0 Å². The minimum absolute atomic E-state index is 0.181. The van der Waals surface area contributed by atoms with Crippen LogP contribution in [0.5, 0.6) is 23.0 Å². The number of benzene rings is 2. The molecule has 0 saturated heterocycles. The number of aromatic carboxylic acids is 2. The van der Waals surface area contributed by atoms with E-state index in [0.29, 0.717) is 0 Å². The van der Waals surface area contributed by atoms with Gasteiger partial charge in [-0.15, -0.1) is 0 Å². The number of carboxylic acid groups (broad SMARTS) is 2. The molecule has 0 spiro atoms. The van der Waals surface area contributed by atoms with Crippen molar-refractivity contribution in [3.63, 3.8) is 0 Å². The van der Waals surface area contributed by atoms with Crippen molar-refractivity contribution in [1.82, 2.24) is 0 Å². The third-order valence-electron chi connectivity index (χ3n) is 3.17. The lowest BCUT2D eigenvalue weighted by Crippen LogP contribution is -2.00. The van der Waals surface area contributed by atoms with Crippen LogP contribution < -0.4 is 4.74 Å². The van der Waals surface area contributed by atoms with E-state index in [4.69, 9.17) is 14.9 Å². The molecule has 0 unspecified atom stereocenters. The summed E-state index contributed by atoms with van der Waals surface area (Å²) in [5, 5.41) is 47.8. The van der Waals surface area contributed by atoms with Crippen LogP contribution in [0.3, 0.4) is 0 Å². The van der Waals surface area contributed by atoms with Gasteiger partial charge in [0.25, 0.3) is 0 Å². The van der Waals surface area contributed by atoms with Crippen molar-refractivity contribution in [1.29, 1.82) is 0 Å². The highest BCUT2D eigenvalue weighted by Gasteiger charge is 2.21. The maximum absolute atomic E-state index is 11.1. The summed E-state index contributed by atoms with van der Waals surface area (Å²) in [6.45, 7) is 0. The molecule has 2 aromatic rings. The van der Waals surface area contributed by atoms with Crippen LogP contribution in [-0.4, -0.2) is 44.6 Å². The lowest BCUT2D eigenvalue weighted by molar-refractivity contribution is 0.0685. The molecule has 2 aromatic carbocycles. The van der Waals surface area contributed by atoms with E-state index in [-0.39, 0.29) is 28.0 Å². The fourth-order valence-electron chi connectivity index (χ4n) is 2.04. The van der Waals surface area contributed by atoms with Crippen LogP contribution in [0.4, 0.5) is 0 Å². The molecule has 0 aliphatic carbocycles. The van der Waals surface area contributed by atoms with Gasteiger partial charge in [-0.3, -0.25) is 0 Å². The zero-order valence-electron chi connectivity index (χ0n) is 11.8. The third kappa shape index (κ3) is 2.82. The Kier molecular flexibility index (Phi) is 4.00. The molecule has 120 valence electrons. The van der Waals surface area contributed by atoms with Gasteiger partial charge in [-0.05, 0) is 24.3 Å². The fraction of sp³-hybridized carbons (Fsp3) is 0.0667. The van der Waals surface area contributed by atoms with E-state index >= 15 is 0 Å². The van der Waals surface area contributed by atoms with E-state index in [1.165, 1.54) is 7.11 Å². The summed E-state index contributed by atoms with van der Waals surface area (Å²) in [4.78, 5) is 22.2. The Labute approximate surface area is 129 Å². The average Bonchev–Trinajstić information content (AvgIpc) is 2.49. The van der Waals surface area contributed by atoms with Crippen molar-refractivity contribution < 1.29 is 39.9 Å². The first-order chi connectivity index (χ1) is 10.8. The molecule has 0 aliphatic rings. The number of ether oxygens (including phenoxy) is 1. The number of carboxylic acids is 2. The van der Waals surface area contributed by atoms with E-state index in [9.17, 15) is 24.9 Å². The number of carbonyl (C=O) groups is 2. The molecule has 0 fully saturated rings. The van der Waals surface area contributed by atoms with Crippen LogP contribution in [0.15, 0.2) is 24.3 Å². The van der Waals surface area contributed by atoms with Gasteiger partial charge in [0.05, 0.1) is 18.2 Å². The first-order valence-electron chi connectivity index (χ1n) is 6.20. The summed E-state index contributed by atoms with van der Waals surface area (Å²) < 4.78 is 4.87. The number of rotatable bonds is 4. The standard InChI is InChI=1S/C15H12O8/c1-23-11-5-7(15(21)22)3-9(13(11)18)8-2-6(14(19)20)4-10(16)12(8)17/h2-5,16-18H,1H3,(H,19,20)(H,21,22). The molecule has 2 rings (SSSR count). The Hall–Kier alpha value is -3.42. The molecule has 0 aromatic heterocycles. The molecule has 23 heavy (non-hydrogen) atoms. The molecule has 5 N–H and O–H groups in total. The Bertz CT molecular complexity index is 810. The van der Waals surface area contributed by atoms with Crippen LogP contribution in [0.2, 0.25) is 0 Å². The molecular formula is C15H12O8. The van der Waals surface area contributed by atoms with E-state index in [2.05, 4.69) is 0 Å². The number of aromatic hydroxyl groups is 3. The fourth-order valence-corrected chi connectivity index (χ4v) is 2.04. The van der Waals surface area contributed by atoms with Crippen molar-refractivity contribution >= 4 is 11.9 Å². The second-order valence-corrected chi connectivity index (χ2v) is 4.58. The smallest absolute Gasteiger partial charge is 0.335 e. The molecule has 0 amide bonds. The lowest BCUT2D eigenvalue weighted by Gasteiger charge is -2.13. The highest BCUT2D eigenvalue weighted by molar-refractivity contribution is 5.95. The predicted octanol–water partition coefficient (Wildman–Crippen LogP) is 1.88. The second kappa shape index (κ2) is 5.76. The van der Waals surface area contributed by atoms with E-state index in [1.807, 2.05) is 0 Å². The van der Waals surface area contributed by atoms with Crippen LogP contribution in [0.1, 0.15) is 20.7 Å². The van der Waals surface area contributed by atoms with Crippen molar-refractivity contribution in [2.24, 2.45) is 0 Å². The van der Waals surface area contributed by atoms with E-state index in [1.54, 1.807) is 0 Å². The van der Waals surface area contributed by atoms with Gasteiger partial charge in [0.15, 0.2) is 23.0 Å². The number of hydrogen-bond acceptors (Lipinski definition) is 6. The Morgan fingerprint density at radius 1 is 0.826 bits per heavy atom. The Balaban J connectivity index is 2.83. The third-order valence-corrected chi connectivity index (χ3v) is 3.17. The summed E-state index contributed by atoms with van der Waals surface area (Å²) >= 11 is 0. The van der Waals surface area contributed by atoms with Crippen molar-refractivity contribution in [3.05, 3.63) is 35.4 Å². The summed E-state index contributed by atoms with van der Waals surface area (Å²) in [7, 11) is 1.20. The molecular weight excluding hydrogens is 308 g/mol. The van der Waals surface area contributed by atoms with Crippen molar-refractivity contribution in [2.75, 3.05) is 7.11 Å². The largest absolute Gasteiger partial charge is 0.504 e. The summed E-state index contributed by atoms with van der Waals surface area (Å²) in [5.41, 5.74) is -1.05. The van der Waals surface area contributed by atoms with Gasteiger partial charge in [0, 0.05) is 11.1 Å². The van der Waals surface area contributed by atoms with Gasteiger partial charge in [-0.25, -0.2) is 9.59 Å². The molecule has 0 atom stereocenters. The van der Waals surface area contributed by atoms with Gasteiger partial charge in [-0.2, -0.15) is 0 Å². The molecule has 0 radical (unpaired) electrons. The maximum atomic E-state index is 11.1. The van der Waals surface area contributed by atoms with Crippen LogP contribution in [0.25, 0.3) is 11.1 Å². The Morgan fingerprint density at radius 2 is 1.30 bits per heavy atom. The van der Waals surface area contributed by atoms with Gasteiger partial charge in [0.2, 0.25) is 0 Å². The normalized spacial score (nSPS) is 10.3. The second-order valence-electron chi connectivity index (χ2n) is 4.58. The number of methoxy groups -OCH3 is 1. The average molecular weight is 320 g/mol. The minimum Gasteiger partial charge on any atom is -0.504 e. The van der Waals surface area contributed by atoms with E-state index < -0.39 is 29.2 Å². The SMILES string of the molecule is COc1cc(C(=O)O)cc(-c2cc(C(=O)O)cc(O)c2O)c1O. The van der Waals surface area contributed by atoms with Crippen molar-refractivity contribution in [2.45, 2.75) is 0 Å². The number of hydrogen-bond donors (Lipinski definition) is 5. The molecule has 8 heteroatoms. The number of phenols is 3. The zero-order valence-corrected chi connectivity index (χ0v) is 11.8. The minimum atomic E-state index is -1.37. The monoisotopic (exact) mass is 320 g/mol. The number of phenolic OH excluding ortho intramolecular Hbond substituents is 3. The summed E-state index contributed by atoms with van der Waals surface area (Å²) in [6, 6.07) is 3.92.